The van der Waals surface area contributed by atoms with Gasteiger partial charge in [0.05, 0.1) is 17.4 Å². The molecule has 2 saturated carbocycles. The molecule has 1 aliphatic heterocycles. The van der Waals surface area contributed by atoms with Crippen LogP contribution in [0.5, 0.6) is 0 Å². The molecule has 2 atom stereocenters. The topological polar surface area (TPSA) is 62.1 Å². The summed E-state index contributed by atoms with van der Waals surface area (Å²) in [6, 6.07) is 4.05. The number of alkyl halides is 6. The minimum atomic E-state index is -4.58. The fraction of sp³-hybridized carbons (Fsp3) is 0.595. The van der Waals surface area contributed by atoms with Crippen molar-refractivity contribution in [1.29, 1.82) is 0 Å². The third-order valence-corrected chi connectivity index (χ3v) is 10.9. The number of benzene rings is 1. The lowest BCUT2D eigenvalue weighted by molar-refractivity contribution is -0.137. The van der Waals surface area contributed by atoms with E-state index in [1.165, 1.54) is 0 Å². The second-order valence-electron chi connectivity index (χ2n) is 15.2. The summed E-state index contributed by atoms with van der Waals surface area (Å²) in [6.07, 6.45) is 0.435. The quantitative estimate of drug-likeness (QED) is 0.265. The molecule has 2 unspecified atom stereocenters. The molecule has 0 bridgehead atoms. The summed E-state index contributed by atoms with van der Waals surface area (Å²) in [4.78, 5) is 16.5. The van der Waals surface area contributed by atoms with Gasteiger partial charge in [-0.25, -0.2) is 23.1 Å². The molecule has 1 aromatic carbocycles. The number of halogens is 6. The fourth-order valence-corrected chi connectivity index (χ4v) is 8.19. The molecule has 3 aliphatic carbocycles. The lowest BCUT2D eigenvalue weighted by Crippen LogP contribution is -2.36. The first-order chi connectivity index (χ1) is 22.7. The van der Waals surface area contributed by atoms with Gasteiger partial charge in [0.2, 0.25) is 11.9 Å². The van der Waals surface area contributed by atoms with Gasteiger partial charge in [-0.15, -0.1) is 0 Å². The van der Waals surface area contributed by atoms with Crippen molar-refractivity contribution in [3.8, 4) is 0 Å². The largest absolute Gasteiger partial charge is 0.416 e. The average molecular weight is 673 g/mol. The predicted molar refractivity (Wildman–Crippen MR) is 170 cm³/mol. The zero-order valence-electron chi connectivity index (χ0n) is 27.3. The van der Waals surface area contributed by atoms with E-state index in [2.05, 4.69) is 14.9 Å². The Bertz CT molecular complexity index is 1620. The number of nitrogens with zero attached hydrogens (tertiary/aromatic N) is 4. The normalized spacial score (nSPS) is 23.9. The number of aromatic nitrogens is 3. The molecule has 0 amide bonds. The molecule has 4 aliphatic rings. The second-order valence-corrected chi connectivity index (χ2v) is 15.2. The van der Waals surface area contributed by atoms with Gasteiger partial charge in [-0.2, -0.15) is 13.2 Å². The van der Waals surface area contributed by atoms with Gasteiger partial charge in [-0.1, -0.05) is 26.0 Å². The second kappa shape index (κ2) is 12.3. The predicted octanol–water partition coefficient (Wildman–Crippen LogP) is 9.51. The van der Waals surface area contributed by atoms with Crippen LogP contribution in [-0.2, 0) is 12.6 Å². The number of aliphatic hydroxyl groups excluding tert-OH is 1. The molecule has 3 fully saturated rings. The molecule has 5 nitrogen and oxygen atoms in total. The van der Waals surface area contributed by atoms with E-state index in [4.69, 9.17) is 4.98 Å². The maximum absolute atomic E-state index is 17.2. The molecule has 258 valence electrons. The minimum Gasteiger partial charge on any atom is -0.388 e. The Morgan fingerprint density at radius 3 is 2.06 bits per heavy atom. The van der Waals surface area contributed by atoms with Crippen LogP contribution in [0.15, 0.2) is 36.7 Å². The number of pyridine rings is 1. The van der Waals surface area contributed by atoms with Crippen LogP contribution in [-0.4, -0.2) is 39.1 Å². The van der Waals surface area contributed by atoms with Gasteiger partial charge in [-0.05, 0) is 97.4 Å². The molecule has 3 heterocycles. The van der Waals surface area contributed by atoms with Crippen molar-refractivity contribution in [2.75, 3.05) is 18.0 Å². The standard InChI is InChI=1S/C37H42F6N4O/c1-35(2)17-27-30(28(48)18-35)29(22-9-13-36(39,40)14-10-22)31(32(38)23-5-7-26(8-6-23)37(41,42)43)33(46-27)24-11-15-47(16-12-24)34-44-19-25(20-45-34)21-3-4-21/h5-8,19-22,24,28,32,48H,3-4,9-18H2,1-2H3. The van der Waals surface area contributed by atoms with Gasteiger partial charge in [0.15, 0.2) is 6.17 Å². The van der Waals surface area contributed by atoms with Crippen molar-refractivity contribution < 1.29 is 31.4 Å². The number of piperidine rings is 1. The summed E-state index contributed by atoms with van der Waals surface area (Å²) < 4.78 is 86.3. The summed E-state index contributed by atoms with van der Waals surface area (Å²) >= 11 is 0. The molecule has 11 heteroatoms. The summed E-state index contributed by atoms with van der Waals surface area (Å²) in [5.74, 6) is -2.26. The molecule has 1 N–H and O–H groups in total. The van der Waals surface area contributed by atoms with Gasteiger partial charge in [0, 0.05) is 61.1 Å². The van der Waals surface area contributed by atoms with E-state index in [0.717, 1.165) is 42.7 Å². The number of anilines is 1. The number of hydrogen-bond acceptors (Lipinski definition) is 5. The molecule has 3 aromatic rings. The third-order valence-electron chi connectivity index (χ3n) is 10.9. The van der Waals surface area contributed by atoms with Crippen LogP contribution in [0.3, 0.4) is 0 Å². The Balaban J connectivity index is 1.30. The zero-order chi connectivity index (χ0) is 34.0. The zero-order valence-corrected chi connectivity index (χ0v) is 27.3. The number of hydrogen-bond donors (Lipinski definition) is 1. The molecule has 0 radical (unpaired) electrons. The first-order valence-corrected chi connectivity index (χ1v) is 17.2. The Kier molecular flexibility index (Phi) is 8.52. The maximum atomic E-state index is 17.2. The van der Waals surface area contributed by atoms with Crippen molar-refractivity contribution in [2.45, 2.75) is 120 Å². The number of aliphatic hydroxyl groups is 1. The molecule has 7 rings (SSSR count). The van der Waals surface area contributed by atoms with Crippen LogP contribution < -0.4 is 4.90 Å². The lowest BCUT2D eigenvalue weighted by Gasteiger charge is -2.41. The van der Waals surface area contributed by atoms with Crippen LogP contribution >= 0.6 is 0 Å². The number of rotatable bonds is 6. The number of fused-ring (bicyclic) bond motifs is 1. The van der Waals surface area contributed by atoms with Crippen molar-refractivity contribution >= 4 is 5.95 Å². The highest BCUT2D eigenvalue weighted by Crippen LogP contribution is 2.52. The van der Waals surface area contributed by atoms with Crippen molar-refractivity contribution in [1.82, 2.24) is 15.0 Å². The van der Waals surface area contributed by atoms with Crippen LogP contribution in [0, 0.1) is 5.41 Å². The Morgan fingerprint density at radius 2 is 1.48 bits per heavy atom. The van der Waals surface area contributed by atoms with E-state index < -0.39 is 35.9 Å². The molecule has 48 heavy (non-hydrogen) atoms. The summed E-state index contributed by atoms with van der Waals surface area (Å²) in [5.41, 5.74) is 2.54. The molecule has 0 spiro atoms. The highest BCUT2D eigenvalue weighted by molar-refractivity contribution is 5.51. The Hall–Kier alpha value is -3.21. The highest BCUT2D eigenvalue weighted by atomic mass is 19.4. The van der Waals surface area contributed by atoms with Crippen LogP contribution in [0.1, 0.15) is 146 Å². The summed E-state index contributed by atoms with van der Waals surface area (Å²) in [7, 11) is 0. The van der Waals surface area contributed by atoms with Crippen LogP contribution in [0.2, 0.25) is 0 Å². The summed E-state index contributed by atoms with van der Waals surface area (Å²) in [5, 5.41) is 11.6. The van der Waals surface area contributed by atoms with Crippen molar-refractivity contribution in [3.05, 3.63) is 81.4 Å². The summed E-state index contributed by atoms with van der Waals surface area (Å²) in [6.45, 7) is 5.29. The van der Waals surface area contributed by atoms with E-state index in [0.29, 0.717) is 73.2 Å². The minimum absolute atomic E-state index is 0.0422. The lowest BCUT2D eigenvalue weighted by atomic mass is 9.68. The Morgan fingerprint density at radius 1 is 0.854 bits per heavy atom. The van der Waals surface area contributed by atoms with Gasteiger partial charge >= 0.3 is 6.18 Å². The van der Waals surface area contributed by atoms with Crippen LogP contribution in [0.25, 0.3) is 0 Å². The highest BCUT2D eigenvalue weighted by Gasteiger charge is 2.44. The van der Waals surface area contributed by atoms with Crippen molar-refractivity contribution in [2.24, 2.45) is 5.41 Å². The monoisotopic (exact) mass is 672 g/mol. The SMILES string of the molecule is CC1(C)Cc2nc(C3CCN(c4ncc(C5CC5)cn4)CC3)c(C(F)c3ccc(C(F)(F)F)cc3)c(C3CCC(F)(F)CC3)c2C(O)C1. The van der Waals surface area contributed by atoms with E-state index in [1.54, 1.807) is 0 Å². The van der Waals surface area contributed by atoms with Gasteiger partial charge in [0.25, 0.3) is 0 Å². The van der Waals surface area contributed by atoms with Crippen molar-refractivity contribution in [3.63, 3.8) is 0 Å². The van der Waals surface area contributed by atoms with Gasteiger partial charge in [0.1, 0.15) is 0 Å². The van der Waals surface area contributed by atoms with E-state index in [-0.39, 0.29) is 48.1 Å². The first-order valence-electron chi connectivity index (χ1n) is 17.2. The third kappa shape index (κ3) is 6.68. The molecular formula is C37H42F6N4O. The first kappa shape index (κ1) is 33.3. The molecule has 1 saturated heterocycles. The maximum Gasteiger partial charge on any atom is 0.416 e. The fourth-order valence-electron chi connectivity index (χ4n) is 8.19. The van der Waals surface area contributed by atoms with E-state index in [9.17, 15) is 27.1 Å². The smallest absolute Gasteiger partial charge is 0.388 e. The van der Waals surface area contributed by atoms with Gasteiger partial charge < -0.3 is 10.0 Å². The average Bonchev–Trinajstić information content (AvgIpc) is 3.89. The molecule has 2 aromatic heterocycles. The molecular weight excluding hydrogens is 630 g/mol. The van der Waals surface area contributed by atoms with E-state index in [1.807, 2.05) is 26.2 Å². The Labute approximate surface area is 277 Å². The van der Waals surface area contributed by atoms with Crippen LogP contribution in [0.4, 0.5) is 32.3 Å². The van der Waals surface area contributed by atoms with E-state index >= 15 is 4.39 Å². The van der Waals surface area contributed by atoms with Gasteiger partial charge in [-0.3, -0.25) is 4.98 Å².